The van der Waals surface area contributed by atoms with Crippen LogP contribution in [0.1, 0.15) is 17.4 Å². The third kappa shape index (κ3) is 2.69. The van der Waals surface area contributed by atoms with Gasteiger partial charge in [-0.05, 0) is 43.7 Å². The van der Waals surface area contributed by atoms with Crippen LogP contribution in [0.15, 0.2) is 40.6 Å². The quantitative estimate of drug-likeness (QED) is 0.871. The molecule has 6 heteroatoms. The summed E-state index contributed by atoms with van der Waals surface area (Å²) < 4.78 is 26.8. The van der Waals surface area contributed by atoms with Crippen LogP contribution in [0.2, 0.25) is 0 Å². The molecule has 0 fully saturated rings. The van der Waals surface area contributed by atoms with Gasteiger partial charge in [-0.15, -0.1) is 11.3 Å². The number of nitrogens with zero attached hydrogens (tertiary/aromatic N) is 2. The number of aryl methyl sites for hydroxylation is 1. The lowest BCUT2D eigenvalue weighted by molar-refractivity contribution is 0.594. The van der Waals surface area contributed by atoms with Crippen molar-refractivity contribution in [2.45, 2.75) is 18.1 Å². The lowest BCUT2D eigenvalue weighted by Gasteiger charge is -2.22. The summed E-state index contributed by atoms with van der Waals surface area (Å²) in [5.41, 5.74) is 1.64. The Labute approximate surface area is 123 Å². The molecule has 0 bridgehead atoms. The Morgan fingerprint density at radius 2 is 2.05 bits per heavy atom. The highest BCUT2D eigenvalue weighted by Gasteiger charge is 2.25. The molecule has 104 valence electrons. The second kappa shape index (κ2) is 5.65. The second-order valence-corrected chi connectivity index (χ2v) is 7.41. The first-order chi connectivity index (χ1) is 9.48. The van der Waals surface area contributed by atoms with Gasteiger partial charge in [0.1, 0.15) is 15.2 Å². The highest BCUT2D eigenvalue weighted by atomic mass is 32.2. The van der Waals surface area contributed by atoms with E-state index in [0.717, 1.165) is 16.9 Å². The van der Waals surface area contributed by atoms with Gasteiger partial charge < -0.3 is 0 Å². The fourth-order valence-corrected chi connectivity index (χ4v) is 4.59. The van der Waals surface area contributed by atoms with E-state index < -0.39 is 10.0 Å². The van der Waals surface area contributed by atoms with E-state index in [1.54, 1.807) is 13.0 Å². The van der Waals surface area contributed by atoms with Gasteiger partial charge >= 0.3 is 0 Å². The molecule has 0 N–H and O–H groups in total. The molecule has 2 aromatic rings. The molecule has 0 atom stereocenters. The third-order valence-electron chi connectivity index (χ3n) is 2.81. The first-order valence-electron chi connectivity index (χ1n) is 6.08. The predicted molar refractivity (Wildman–Crippen MR) is 80.4 cm³/mol. The molecule has 0 saturated heterocycles. The Bertz CT molecular complexity index is 757. The van der Waals surface area contributed by atoms with Gasteiger partial charge in [0, 0.05) is 6.54 Å². The lowest BCUT2D eigenvalue weighted by Crippen LogP contribution is -2.30. The monoisotopic (exact) mass is 306 g/mol. The Hall–Kier alpha value is -1.84. The van der Waals surface area contributed by atoms with Gasteiger partial charge in [0.05, 0.1) is 5.69 Å². The van der Waals surface area contributed by atoms with Crippen LogP contribution in [0.5, 0.6) is 0 Å². The molecule has 0 unspecified atom stereocenters. The van der Waals surface area contributed by atoms with Crippen molar-refractivity contribution in [1.82, 2.24) is 0 Å². The van der Waals surface area contributed by atoms with E-state index in [1.165, 1.54) is 16.4 Å². The largest absolute Gasteiger partial charge is 0.273 e. The van der Waals surface area contributed by atoms with E-state index in [4.69, 9.17) is 5.26 Å². The van der Waals surface area contributed by atoms with E-state index in [9.17, 15) is 8.42 Å². The molecule has 4 nitrogen and oxygen atoms in total. The van der Waals surface area contributed by atoms with Crippen molar-refractivity contribution in [1.29, 1.82) is 5.26 Å². The fourth-order valence-electron chi connectivity index (χ4n) is 1.90. The van der Waals surface area contributed by atoms with Gasteiger partial charge in [-0.1, -0.05) is 12.1 Å². The highest BCUT2D eigenvalue weighted by molar-refractivity contribution is 7.94. The van der Waals surface area contributed by atoms with Crippen molar-refractivity contribution in [2.75, 3.05) is 10.8 Å². The Balaban J connectivity index is 2.48. The SMILES string of the molecule is CCN(c1cccc(C)c1)S(=O)(=O)c1ccc(C#N)s1. The zero-order valence-corrected chi connectivity index (χ0v) is 12.8. The van der Waals surface area contributed by atoms with Crippen molar-refractivity contribution in [3.05, 3.63) is 46.8 Å². The summed E-state index contributed by atoms with van der Waals surface area (Å²) in [6, 6.07) is 12.3. The maximum atomic E-state index is 12.6. The molecule has 0 saturated carbocycles. The Morgan fingerprint density at radius 3 is 2.60 bits per heavy atom. The van der Waals surface area contributed by atoms with Gasteiger partial charge in [-0.25, -0.2) is 8.42 Å². The summed E-state index contributed by atoms with van der Waals surface area (Å²) in [4.78, 5) is 0.392. The van der Waals surface area contributed by atoms with Crippen LogP contribution in [0.4, 0.5) is 5.69 Å². The summed E-state index contributed by atoms with van der Waals surface area (Å²) in [7, 11) is -3.61. The van der Waals surface area contributed by atoms with Crippen molar-refractivity contribution in [3.8, 4) is 6.07 Å². The summed E-state index contributed by atoms with van der Waals surface area (Å²) in [5, 5.41) is 8.82. The van der Waals surface area contributed by atoms with Crippen molar-refractivity contribution in [3.63, 3.8) is 0 Å². The zero-order valence-electron chi connectivity index (χ0n) is 11.2. The molecule has 0 aliphatic rings. The average molecular weight is 306 g/mol. The summed E-state index contributed by atoms with van der Waals surface area (Å²) in [6.07, 6.45) is 0. The molecule has 1 heterocycles. The Kier molecular flexibility index (Phi) is 4.12. The number of thiophene rings is 1. The fraction of sp³-hybridized carbons (Fsp3) is 0.214. The molecule has 1 aromatic heterocycles. The normalized spacial score (nSPS) is 11.1. The smallest absolute Gasteiger partial charge is 0.266 e. The number of hydrogen-bond donors (Lipinski definition) is 0. The number of nitriles is 1. The van der Waals surface area contributed by atoms with Gasteiger partial charge in [0.2, 0.25) is 0 Å². The van der Waals surface area contributed by atoms with Crippen molar-refractivity contribution < 1.29 is 8.42 Å². The number of sulfonamides is 1. The number of rotatable bonds is 4. The molecule has 0 amide bonds. The minimum Gasteiger partial charge on any atom is -0.266 e. The molecule has 0 aliphatic carbocycles. The highest BCUT2D eigenvalue weighted by Crippen LogP contribution is 2.28. The topological polar surface area (TPSA) is 61.2 Å². The number of hydrogen-bond acceptors (Lipinski definition) is 4. The van der Waals surface area contributed by atoms with Crippen LogP contribution < -0.4 is 4.31 Å². The molecule has 0 radical (unpaired) electrons. The lowest BCUT2D eigenvalue weighted by atomic mass is 10.2. The van der Waals surface area contributed by atoms with Gasteiger partial charge in [-0.2, -0.15) is 5.26 Å². The van der Waals surface area contributed by atoms with E-state index in [0.29, 0.717) is 17.1 Å². The first kappa shape index (κ1) is 14.6. The van der Waals surface area contributed by atoms with Crippen LogP contribution in [0.25, 0.3) is 0 Å². The van der Waals surface area contributed by atoms with E-state index >= 15 is 0 Å². The van der Waals surface area contributed by atoms with Crippen LogP contribution in [0.3, 0.4) is 0 Å². The predicted octanol–water partition coefficient (Wildman–Crippen LogP) is 3.14. The van der Waals surface area contributed by atoms with E-state index in [1.807, 2.05) is 31.2 Å². The number of anilines is 1. The second-order valence-electron chi connectivity index (χ2n) is 4.24. The van der Waals surface area contributed by atoms with Gasteiger partial charge in [0.25, 0.3) is 10.0 Å². The summed E-state index contributed by atoms with van der Waals surface area (Å²) in [6.45, 7) is 4.05. The summed E-state index contributed by atoms with van der Waals surface area (Å²) >= 11 is 0.992. The van der Waals surface area contributed by atoms with Crippen LogP contribution in [0, 0.1) is 18.3 Å². The van der Waals surface area contributed by atoms with E-state index in [2.05, 4.69) is 0 Å². The minimum absolute atomic E-state index is 0.192. The van der Waals surface area contributed by atoms with Crippen LogP contribution in [-0.4, -0.2) is 15.0 Å². The molecule has 0 aliphatic heterocycles. The zero-order chi connectivity index (χ0) is 14.8. The molecule has 20 heavy (non-hydrogen) atoms. The maximum Gasteiger partial charge on any atom is 0.273 e. The standard InChI is InChI=1S/C14H14N2O2S2/c1-3-16(12-6-4-5-11(2)9-12)20(17,18)14-8-7-13(10-15)19-14/h4-9H,3H2,1-2H3. The first-order valence-corrected chi connectivity index (χ1v) is 8.34. The molecular formula is C14H14N2O2S2. The Morgan fingerprint density at radius 1 is 1.30 bits per heavy atom. The molecular weight excluding hydrogens is 292 g/mol. The number of benzene rings is 1. The molecule has 1 aromatic carbocycles. The third-order valence-corrected chi connectivity index (χ3v) is 6.17. The van der Waals surface area contributed by atoms with Crippen LogP contribution in [-0.2, 0) is 10.0 Å². The maximum absolute atomic E-state index is 12.6. The summed E-state index contributed by atoms with van der Waals surface area (Å²) in [5.74, 6) is 0. The van der Waals surface area contributed by atoms with Crippen molar-refractivity contribution >= 4 is 27.0 Å². The average Bonchev–Trinajstić information content (AvgIpc) is 2.89. The molecule has 0 spiro atoms. The van der Waals surface area contributed by atoms with Crippen LogP contribution >= 0.6 is 11.3 Å². The molecule has 2 rings (SSSR count). The van der Waals surface area contributed by atoms with E-state index in [-0.39, 0.29) is 4.21 Å². The van der Waals surface area contributed by atoms with Crippen molar-refractivity contribution in [2.24, 2.45) is 0 Å². The van der Waals surface area contributed by atoms with Gasteiger partial charge in [-0.3, -0.25) is 4.31 Å². The van der Waals surface area contributed by atoms with Gasteiger partial charge in [0.15, 0.2) is 0 Å². The minimum atomic E-state index is -3.61.